The molecule has 0 bridgehead atoms. The van der Waals surface area contributed by atoms with Gasteiger partial charge in [-0.15, -0.1) is 6.42 Å². The van der Waals surface area contributed by atoms with Crippen molar-refractivity contribution in [2.45, 2.75) is 0 Å². The van der Waals surface area contributed by atoms with Crippen molar-refractivity contribution >= 4 is 11.6 Å². The van der Waals surface area contributed by atoms with Crippen LogP contribution in [0.2, 0.25) is 0 Å². The van der Waals surface area contributed by atoms with E-state index in [1.165, 1.54) is 0 Å². The number of nitriles is 1. The molecule has 0 saturated heterocycles. The molecule has 0 spiro atoms. The number of hydrogen-bond acceptors (Lipinski definition) is 3. The minimum atomic E-state index is -0.934. The maximum Gasteiger partial charge on any atom is 0.240 e. The zero-order chi connectivity index (χ0) is 13.5. The van der Waals surface area contributed by atoms with E-state index in [0.29, 0.717) is 0 Å². The molecule has 0 atom stereocenters. The lowest BCUT2D eigenvalue weighted by Crippen LogP contribution is -2.30. The fraction of sp³-hybridized carbons (Fsp3) is 0.167. The molecule has 0 aromatic heterocycles. The number of terminal acetylenes is 1. The van der Waals surface area contributed by atoms with Crippen molar-refractivity contribution in [2.24, 2.45) is 0 Å². The number of nitrogens with one attached hydrogen (secondary N) is 2. The molecular weight excluding hydrogens is 240 g/mol. The standard InChI is InChI=1S/C12H9F2N3O/c1-2-3-16-11(18)7-17-12-9(13)4-8(6-15)5-10(12)14/h1,4-5,17H,3,7H2,(H,16,18). The number of benzene rings is 1. The van der Waals surface area contributed by atoms with E-state index in [2.05, 4.69) is 16.6 Å². The molecule has 0 fully saturated rings. The van der Waals surface area contributed by atoms with Crippen LogP contribution < -0.4 is 10.6 Å². The van der Waals surface area contributed by atoms with Crippen LogP contribution in [0.15, 0.2) is 12.1 Å². The van der Waals surface area contributed by atoms with Crippen LogP contribution in [-0.4, -0.2) is 19.0 Å². The van der Waals surface area contributed by atoms with E-state index in [1.54, 1.807) is 6.07 Å². The molecule has 2 N–H and O–H groups in total. The van der Waals surface area contributed by atoms with Gasteiger partial charge >= 0.3 is 0 Å². The van der Waals surface area contributed by atoms with Gasteiger partial charge in [0.15, 0.2) is 11.6 Å². The number of nitrogens with zero attached hydrogens (tertiary/aromatic N) is 1. The summed E-state index contributed by atoms with van der Waals surface area (Å²) in [5.41, 5.74) is -0.586. The molecule has 18 heavy (non-hydrogen) atoms. The molecule has 1 aromatic rings. The van der Waals surface area contributed by atoms with Crippen molar-refractivity contribution in [3.63, 3.8) is 0 Å². The van der Waals surface area contributed by atoms with Crippen LogP contribution in [-0.2, 0) is 4.79 Å². The zero-order valence-electron chi connectivity index (χ0n) is 9.26. The summed E-state index contributed by atoms with van der Waals surface area (Å²) in [6.07, 6.45) is 4.93. The van der Waals surface area contributed by atoms with Crippen molar-refractivity contribution in [3.8, 4) is 18.4 Å². The first kappa shape index (κ1) is 13.5. The van der Waals surface area contributed by atoms with E-state index in [9.17, 15) is 13.6 Å². The SMILES string of the molecule is C#CCNC(=O)CNc1c(F)cc(C#N)cc1F. The number of halogens is 2. The maximum atomic E-state index is 13.4. The van der Waals surface area contributed by atoms with Gasteiger partial charge in [0, 0.05) is 0 Å². The van der Waals surface area contributed by atoms with Gasteiger partial charge in [-0.2, -0.15) is 5.26 Å². The smallest absolute Gasteiger partial charge is 0.240 e. The van der Waals surface area contributed by atoms with Crippen LogP contribution in [0.1, 0.15) is 5.56 Å². The average molecular weight is 249 g/mol. The second kappa shape index (κ2) is 6.21. The fourth-order valence-electron chi connectivity index (χ4n) is 1.19. The van der Waals surface area contributed by atoms with E-state index >= 15 is 0 Å². The van der Waals surface area contributed by atoms with Crippen LogP contribution in [0, 0.1) is 35.3 Å². The van der Waals surface area contributed by atoms with E-state index in [-0.39, 0.29) is 18.7 Å². The molecule has 0 aliphatic rings. The van der Waals surface area contributed by atoms with Crippen molar-refractivity contribution in [1.29, 1.82) is 5.26 Å². The first-order valence-electron chi connectivity index (χ1n) is 4.91. The fourth-order valence-corrected chi connectivity index (χ4v) is 1.19. The van der Waals surface area contributed by atoms with Crippen molar-refractivity contribution in [2.75, 3.05) is 18.4 Å². The van der Waals surface area contributed by atoms with Crippen LogP contribution in [0.5, 0.6) is 0 Å². The molecule has 4 nitrogen and oxygen atoms in total. The molecule has 1 rings (SSSR count). The van der Waals surface area contributed by atoms with Gasteiger partial charge in [-0.3, -0.25) is 4.79 Å². The summed E-state index contributed by atoms with van der Waals surface area (Å²) in [5, 5.41) is 13.1. The third-order valence-electron chi connectivity index (χ3n) is 1.98. The molecule has 0 aliphatic carbocycles. The normalized spacial score (nSPS) is 9.11. The quantitative estimate of drug-likeness (QED) is 0.782. The first-order valence-corrected chi connectivity index (χ1v) is 4.91. The average Bonchev–Trinajstić information content (AvgIpc) is 2.34. The number of carbonyl (C=O) groups is 1. The molecule has 0 unspecified atom stereocenters. The molecule has 0 saturated carbocycles. The summed E-state index contributed by atoms with van der Waals surface area (Å²) in [6.45, 7) is -0.278. The molecule has 1 aromatic carbocycles. The molecular formula is C12H9F2N3O. The lowest BCUT2D eigenvalue weighted by atomic mass is 10.2. The van der Waals surface area contributed by atoms with E-state index < -0.39 is 23.2 Å². The van der Waals surface area contributed by atoms with Gasteiger partial charge in [-0.1, -0.05) is 5.92 Å². The number of anilines is 1. The van der Waals surface area contributed by atoms with Gasteiger partial charge in [0.05, 0.1) is 24.7 Å². The molecule has 6 heteroatoms. The zero-order valence-corrected chi connectivity index (χ0v) is 9.26. The Kier molecular flexibility index (Phi) is 4.65. The monoisotopic (exact) mass is 249 g/mol. The molecule has 92 valence electrons. The Labute approximate surface area is 103 Å². The van der Waals surface area contributed by atoms with E-state index in [4.69, 9.17) is 11.7 Å². The number of rotatable bonds is 4. The highest BCUT2D eigenvalue weighted by Crippen LogP contribution is 2.20. The Morgan fingerprint density at radius 1 is 1.39 bits per heavy atom. The Hall–Kier alpha value is -2.60. The predicted molar refractivity (Wildman–Crippen MR) is 61.4 cm³/mol. The summed E-state index contributed by atoms with van der Waals surface area (Å²) >= 11 is 0. The minimum absolute atomic E-state index is 0.0405. The van der Waals surface area contributed by atoms with Crippen LogP contribution in [0.3, 0.4) is 0 Å². The van der Waals surface area contributed by atoms with Crippen LogP contribution >= 0.6 is 0 Å². The third-order valence-corrected chi connectivity index (χ3v) is 1.98. The van der Waals surface area contributed by atoms with Gasteiger partial charge in [-0.25, -0.2) is 8.78 Å². The number of amides is 1. The topological polar surface area (TPSA) is 64.9 Å². The Balaban J connectivity index is 2.72. The molecule has 0 aliphatic heterocycles. The summed E-state index contributed by atoms with van der Waals surface area (Å²) in [6, 6.07) is 3.38. The minimum Gasteiger partial charge on any atom is -0.371 e. The summed E-state index contributed by atoms with van der Waals surface area (Å²) in [4.78, 5) is 11.2. The number of carbonyl (C=O) groups excluding carboxylic acids is 1. The lowest BCUT2D eigenvalue weighted by molar-refractivity contribution is -0.119. The van der Waals surface area contributed by atoms with Crippen molar-refractivity contribution in [3.05, 3.63) is 29.3 Å². The van der Waals surface area contributed by atoms with Gasteiger partial charge < -0.3 is 10.6 Å². The van der Waals surface area contributed by atoms with Crippen LogP contribution in [0.25, 0.3) is 0 Å². The Morgan fingerprint density at radius 3 is 2.50 bits per heavy atom. The second-order valence-corrected chi connectivity index (χ2v) is 3.26. The third kappa shape index (κ3) is 3.46. The van der Waals surface area contributed by atoms with E-state index in [0.717, 1.165) is 12.1 Å². The molecule has 1 amide bonds. The molecule has 0 radical (unpaired) electrons. The van der Waals surface area contributed by atoms with E-state index in [1.807, 2.05) is 0 Å². The van der Waals surface area contributed by atoms with Crippen molar-refractivity contribution < 1.29 is 13.6 Å². The highest BCUT2D eigenvalue weighted by Gasteiger charge is 2.12. The van der Waals surface area contributed by atoms with Gasteiger partial charge in [0.1, 0.15) is 5.69 Å². The Bertz CT molecular complexity index is 520. The second-order valence-electron chi connectivity index (χ2n) is 3.26. The van der Waals surface area contributed by atoms with Crippen molar-refractivity contribution in [1.82, 2.24) is 5.32 Å². The van der Waals surface area contributed by atoms with Gasteiger partial charge in [-0.05, 0) is 12.1 Å². The van der Waals surface area contributed by atoms with Crippen LogP contribution in [0.4, 0.5) is 14.5 Å². The predicted octanol–water partition coefficient (Wildman–Crippen LogP) is 0.998. The largest absolute Gasteiger partial charge is 0.371 e. The summed E-state index contributed by atoms with van der Waals surface area (Å²) in [5.74, 6) is -0.167. The lowest BCUT2D eigenvalue weighted by Gasteiger charge is -2.08. The van der Waals surface area contributed by atoms with Gasteiger partial charge in [0.25, 0.3) is 0 Å². The number of hydrogen-bond donors (Lipinski definition) is 2. The Morgan fingerprint density at radius 2 is 2.00 bits per heavy atom. The molecule has 0 heterocycles. The summed E-state index contributed by atoms with van der Waals surface area (Å²) < 4.78 is 26.8. The first-order chi connectivity index (χ1) is 8.58. The summed E-state index contributed by atoms with van der Waals surface area (Å²) in [7, 11) is 0. The highest BCUT2D eigenvalue weighted by molar-refractivity contribution is 5.81. The van der Waals surface area contributed by atoms with Gasteiger partial charge in [0.2, 0.25) is 5.91 Å². The highest BCUT2D eigenvalue weighted by atomic mass is 19.1. The maximum absolute atomic E-state index is 13.4.